The van der Waals surface area contributed by atoms with Gasteiger partial charge in [0.1, 0.15) is 12.4 Å². The molecule has 178 valence electrons. The third kappa shape index (κ3) is 6.12. The number of benzene rings is 3. The van der Waals surface area contributed by atoms with E-state index >= 15 is 0 Å². The SMILES string of the molecule is CCOC(=O)c1cccc(N=C2SC(=Cc3ccccc3OCc3ccc(Cl)cc3)C(=O)N2C)c1. The second-order valence-corrected chi connectivity index (χ2v) is 9.04. The molecule has 4 rings (SSSR count). The molecule has 0 unspecified atom stereocenters. The summed E-state index contributed by atoms with van der Waals surface area (Å²) >= 11 is 7.22. The number of thioether (sulfide) groups is 1. The molecule has 0 N–H and O–H groups in total. The van der Waals surface area contributed by atoms with E-state index in [1.54, 1.807) is 44.3 Å². The zero-order valence-corrected chi connectivity index (χ0v) is 20.8. The van der Waals surface area contributed by atoms with Gasteiger partial charge in [0.2, 0.25) is 0 Å². The Kier molecular flexibility index (Phi) is 7.90. The van der Waals surface area contributed by atoms with Crippen LogP contribution < -0.4 is 4.74 Å². The first-order valence-corrected chi connectivity index (χ1v) is 12.1. The molecule has 0 saturated carbocycles. The number of carbonyl (C=O) groups excluding carboxylic acids is 2. The summed E-state index contributed by atoms with van der Waals surface area (Å²) in [5.74, 6) is 0.0928. The van der Waals surface area contributed by atoms with Gasteiger partial charge in [0, 0.05) is 17.6 Å². The molecule has 3 aromatic rings. The number of esters is 1. The molecule has 8 heteroatoms. The number of likely N-dealkylation sites (N-methyl/N-ethyl adjacent to an activating group) is 1. The molecule has 1 amide bonds. The minimum atomic E-state index is -0.408. The van der Waals surface area contributed by atoms with Crippen LogP contribution in [0.1, 0.15) is 28.4 Å². The Morgan fingerprint density at radius 3 is 2.63 bits per heavy atom. The third-order valence-corrected chi connectivity index (χ3v) is 6.41. The highest BCUT2D eigenvalue weighted by Gasteiger charge is 2.30. The molecule has 6 nitrogen and oxygen atoms in total. The van der Waals surface area contributed by atoms with Crippen LogP contribution in [0, 0.1) is 0 Å². The van der Waals surface area contributed by atoms with E-state index in [9.17, 15) is 9.59 Å². The summed E-state index contributed by atoms with van der Waals surface area (Å²) in [6.07, 6.45) is 1.80. The van der Waals surface area contributed by atoms with Crippen molar-refractivity contribution >= 4 is 52.2 Å². The van der Waals surface area contributed by atoms with Crippen molar-refractivity contribution in [3.63, 3.8) is 0 Å². The van der Waals surface area contributed by atoms with Gasteiger partial charge in [0.25, 0.3) is 5.91 Å². The highest BCUT2D eigenvalue weighted by atomic mass is 35.5. The van der Waals surface area contributed by atoms with Gasteiger partial charge in [-0.05, 0) is 66.7 Å². The molecule has 1 saturated heterocycles. The minimum absolute atomic E-state index is 0.164. The fourth-order valence-electron chi connectivity index (χ4n) is 3.29. The molecule has 0 radical (unpaired) electrons. The first-order valence-electron chi connectivity index (χ1n) is 10.9. The lowest BCUT2D eigenvalue weighted by Gasteiger charge is -2.10. The van der Waals surface area contributed by atoms with Gasteiger partial charge >= 0.3 is 5.97 Å². The largest absolute Gasteiger partial charge is 0.488 e. The third-order valence-electron chi connectivity index (χ3n) is 5.10. The van der Waals surface area contributed by atoms with Crippen molar-refractivity contribution in [1.82, 2.24) is 4.90 Å². The normalized spacial score (nSPS) is 15.6. The van der Waals surface area contributed by atoms with E-state index in [4.69, 9.17) is 21.1 Å². The highest BCUT2D eigenvalue weighted by molar-refractivity contribution is 8.18. The van der Waals surface area contributed by atoms with E-state index in [-0.39, 0.29) is 5.91 Å². The lowest BCUT2D eigenvalue weighted by Crippen LogP contribution is -2.23. The molecule has 1 aliphatic heterocycles. The Hall–Kier alpha value is -3.55. The van der Waals surface area contributed by atoms with E-state index in [0.717, 1.165) is 11.1 Å². The number of amidine groups is 1. The van der Waals surface area contributed by atoms with Crippen molar-refractivity contribution in [1.29, 1.82) is 0 Å². The summed E-state index contributed by atoms with van der Waals surface area (Å²) in [5.41, 5.74) is 2.75. The maximum absolute atomic E-state index is 12.9. The van der Waals surface area contributed by atoms with Crippen LogP contribution >= 0.6 is 23.4 Å². The van der Waals surface area contributed by atoms with Gasteiger partial charge in [-0.3, -0.25) is 9.69 Å². The number of rotatable bonds is 7. The molecule has 0 spiro atoms. The smallest absolute Gasteiger partial charge is 0.338 e. The van der Waals surface area contributed by atoms with Gasteiger partial charge in [-0.15, -0.1) is 0 Å². The Morgan fingerprint density at radius 1 is 1.09 bits per heavy atom. The van der Waals surface area contributed by atoms with E-state index in [1.165, 1.54) is 16.7 Å². The van der Waals surface area contributed by atoms with E-state index in [1.807, 2.05) is 48.5 Å². The van der Waals surface area contributed by atoms with Gasteiger partial charge < -0.3 is 9.47 Å². The van der Waals surface area contributed by atoms with Crippen molar-refractivity contribution in [3.05, 3.63) is 99.4 Å². The summed E-state index contributed by atoms with van der Waals surface area (Å²) in [7, 11) is 1.67. The maximum Gasteiger partial charge on any atom is 0.338 e. The van der Waals surface area contributed by atoms with Gasteiger partial charge in [-0.25, -0.2) is 9.79 Å². The Bertz CT molecular complexity index is 1300. The van der Waals surface area contributed by atoms with Crippen LogP contribution in [0.4, 0.5) is 5.69 Å². The number of amides is 1. The van der Waals surface area contributed by atoms with E-state index in [2.05, 4.69) is 4.99 Å². The van der Waals surface area contributed by atoms with Gasteiger partial charge in [-0.2, -0.15) is 0 Å². The molecule has 0 aromatic heterocycles. The topological polar surface area (TPSA) is 68.2 Å². The number of nitrogens with zero attached hydrogens (tertiary/aromatic N) is 2. The van der Waals surface area contributed by atoms with Crippen molar-refractivity contribution in [2.45, 2.75) is 13.5 Å². The number of carbonyl (C=O) groups is 2. The minimum Gasteiger partial charge on any atom is -0.488 e. The second-order valence-electron chi connectivity index (χ2n) is 7.59. The molecule has 35 heavy (non-hydrogen) atoms. The molecule has 0 bridgehead atoms. The predicted molar refractivity (Wildman–Crippen MR) is 140 cm³/mol. The monoisotopic (exact) mass is 506 g/mol. The number of aliphatic imine (C=N–C) groups is 1. The molecule has 0 aliphatic carbocycles. The molecular weight excluding hydrogens is 484 g/mol. The summed E-state index contributed by atoms with van der Waals surface area (Å²) in [5, 5.41) is 1.19. The van der Waals surface area contributed by atoms with E-state index < -0.39 is 5.97 Å². The van der Waals surface area contributed by atoms with Crippen LogP contribution in [0.5, 0.6) is 5.75 Å². The highest BCUT2D eigenvalue weighted by Crippen LogP contribution is 2.35. The number of halogens is 1. The van der Waals surface area contributed by atoms with Crippen LogP contribution in [0.3, 0.4) is 0 Å². The number of hydrogen-bond acceptors (Lipinski definition) is 6. The molecule has 0 atom stereocenters. The molecule has 3 aromatic carbocycles. The average molecular weight is 507 g/mol. The first-order chi connectivity index (χ1) is 16.9. The fourth-order valence-corrected chi connectivity index (χ4v) is 4.40. The predicted octanol–water partition coefficient (Wildman–Crippen LogP) is 6.33. The second kappa shape index (κ2) is 11.3. The molecule has 1 heterocycles. The number of ether oxygens (including phenoxy) is 2. The van der Waals surface area contributed by atoms with E-state index in [0.29, 0.717) is 45.3 Å². The van der Waals surface area contributed by atoms with Crippen LogP contribution in [0.25, 0.3) is 6.08 Å². The standard InChI is InChI=1S/C27H23ClN2O4S/c1-3-33-26(32)20-8-6-9-22(15-20)29-27-30(2)25(31)24(35-27)16-19-7-4-5-10-23(19)34-17-18-11-13-21(28)14-12-18/h4-16H,3,17H2,1-2H3. The van der Waals surface area contributed by atoms with Gasteiger partial charge in [0.05, 0.1) is 22.8 Å². The molecular formula is C27H23ClN2O4S. The zero-order valence-electron chi connectivity index (χ0n) is 19.2. The van der Waals surface area contributed by atoms with Crippen LogP contribution in [0.15, 0.2) is 82.7 Å². The zero-order chi connectivity index (χ0) is 24.8. The van der Waals surface area contributed by atoms with Crippen LogP contribution in [0.2, 0.25) is 5.02 Å². The van der Waals surface area contributed by atoms with Crippen LogP contribution in [-0.2, 0) is 16.1 Å². The lowest BCUT2D eigenvalue weighted by atomic mass is 10.1. The Labute approximate surface area is 213 Å². The van der Waals surface area contributed by atoms with Gasteiger partial charge in [-0.1, -0.05) is 48.0 Å². The average Bonchev–Trinajstić information content (AvgIpc) is 3.12. The first kappa shape index (κ1) is 24.6. The van der Waals surface area contributed by atoms with Crippen molar-refractivity contribution < 1.29 is 19.1 Å². The number of hydrogen-bond donors (Lipinski definition) is 0. The van der Waals surface area contributed by atoms with Gasteiger partial charge in [0.15, 0.2) is 5.17 Å². The fraction of sp³-hybridized carbons (Fsp3) is 0.148. The van der Waals surface area contributed by atoms with Crippen molar-refractivity contribution in [2.75, 3.05) is 13.7 Å². The molecule has 1 aliphatic rings. The quantitative estimate of drug-likeness (QED) is 0.276. The number of para-hydroxylation sites is 1. The lowest BCUT2D eigenvalue weighted by molar-refractivity contribution is -0.121. The summed E-state index contributed by atoms with van der Waals surface area (Å²) < 4.78 is 11.1. The molecule has 1 fully saturated rings. The summed E-state index contributed by atoms with van der Waals surface area (Å²) in [6.45, 7) is 2.43. The Balaban J connectivity index is 1.54. The van der Waals surface area contributed by atoms with Crippen molar-refractivity contribution in [2.24, 2.45) is 4.99 Å². The summed E-state index contributed by atoms with van der Waals surface area (Å²) in [4.78, 5) is 31.5. The maximum atomic E-state index is 12.9. The van der Waals surface area contributed by atoms with Crippen molar-refractivity contribution in [3.8, 4) is 5.75 Å². The Morgan fingerprint density at radius 2 is 1.86 bits per heavy atom. The van der Waals surface area contributed by atoms with Crippen LogP contribution in [-0.4, -0.2) is 35.6 Å². The summed E-state index contributed by atoms with van der Waals surface area (Å²) in [6, 6.07) is 21.8.